The number of nitrogens with zero attached hydrogens (tertiary/aromatic N) is 1. The van der Waals surface area contributed by atoms with Crippen molar-refractivity contribution in [3.8, 4) is 0 Å². The van der Waals surface area contributed by atoms with Crippen LogP contribution in [0.2, 0.25) is 10.0 Å². The van der Waals surface area contributed by atoms with Crippen molar-refractivity contribution in [3.05, 3.63) is 33.8 Å². The first-order chi connectivity index (χ1) is 9.90. The van der Waals surface area contributed by atoms with Crippen molar-refractivity contribution in [2.24, 2.45) is 0 Å². The summed E-state index contributed by atoms with van der Waals surface area (Å²) < 4.78 is 0. The summed E-state index contributed by atoms with van der Waals surface area (Å²) >= 11 is 11.6. The van der Waals surface area contributed by atoms with Gasteiger partial charge in [-0.05, 0) is 45.3 Å². The van der Waals surface area contributed by atoms with Gasteiger partial charge in [0.25, 0.3) is 5.91 Å². The van der Waals surface area contributed by atoms with Crippen LogP contribution in [0.4, 0.5) is 0 Å². The largest absolute Gasteiger partial charge is 0.355 e. The maximum Gasteiger partial charge on any atom is 0.251 e. The molecule has 1 aromatic carbocycles. The maximum atomic E-state index is 11.8. The van der Waals surface area contributed by atoms with Gasteiger partial charge in [0.15, 0.2) is 0 Å². The molecule has 0 spiro atoms. The molecule has 116 valence electrons. The van der Waals surface area contributed by atoms with Gasteiger partial charge in [0.1, 0.15) is 0 Å². The highest BCUT2D eigenvalue weighted by Crippen LogP contribution is 2.22. The number of nitrogens with one attached hydrogen (secondary N) is 2. The zero-order valence-corrected chi connectivity index (χ0v) is 13.6. The van der Waals surface area contributed by atoms with E-state index < -0.39 is 0 Å². The minimum atomic E-state index is -0.364. The Morgan fingerprint density at radius 1 is 1.14 bits per heavy atom. The topological polar surface area (TPSA) is 61.4 Å². The minimum Gasteiger partial charge on any atom is -0.355 e. The Morgan fingerprint density at radius 2 is 1.86 bits per heavy atom. The summed E-state index contributed by atoms with van der Waals surface area (Å²) in [6.07, 6.45) is 0.861. The van der Waals surface area contributed by atoms with Crippen molar-refractivity contribution >= 4 is 35.0 Å². The van der Waals surface area contributed by atoms with E-state index in [0.29, 0.717) is 22.2 Å². The van der Waals surface area contributed by atoms with E-state index in [4.69, 9.17) is 23.2 Å². The van der Waals surface area contributed by atoms with Crippen LogP contribution in [0.1, 0.15) is 16.8 Å². The molecule has 0 fully saturated rings. The first-order valence-corrected chi connectivity index (χ1v) is 7.30. The summed E-state index contributed by atoms with van der Waals surface area (Å²) in [4.78, 5) is 25.4. The molecule has 0 saturated carbocycles. The second-order valence-electron chi connectivity index (χ2n) is 4.82. The lowest BCUT2D eigenvalue weighted by Gasteiger charge is -2.10. The molecule has 0 unspecified atom stereocenters. The number of carbonyl (C=O) groups is 2. The third-order valence-electron chi connectivity index (χ3n) is 2.70. The third kappa shape index (κ3) is 6.80. The number of halogens is 2. The van der Waals surface area contributed by atoms with Crippen molar-refractivity contribution in [1.29, 1.82) is 0 Å². The molecule has 5 nitrogen and oxygen atoms in total. The lowest BCUT2D eigenvalue weighted by molar-refractivity contribution is -0.120. The first kappa shape index (κ1) is 17.8. The monoisotopic (exact) mass is 331 g/mol. The average molecular weight is 332 g/mol. The molecule has 0 saturated heterocycles. The Bertz CT molecular complexity index is 507. The van der Waals surface area contributed by atoms with E-state index in [1.807, 2.05) is 19.0 Å². The summed E-state index contributed by atoms with van der Waals surface area (Å²) in [7, 11) is 3.94. The van der Waals surface area contributed by atoms with Crippen LogP contribution in [0.3, 0.4) is 0 Å². The predicted molar refractivity (Wildman–Crippen MR) is 85.0 cm³/mol. The fourth-order valence-electron chi connectivity index (χ4n) is 1.59. The normalized spacial score (nSPS) is 10.5. The van der Waals surface area contributed by atoms with Gasteiger partial charge in [0.05, 0.1) is 16.6 Å². The Labute approximate surface area is 134 Å². The van der Waals surface area contributed by atoms with Crippen molar-refractivity contribution in [3.63, 3.8) is 0 Å². The van der Waals surface area contributed by atoms with E-state index in [0.717, 1.165) is 13.0 Å². The molecule has 21 heavy (non-hydrogen) atoms. The van der Waals surface area contributed by atoms with Crippen molar-refractivity contribution in [2.75, 3.05) is 33.7 Å². The van der Waals surface area contributed by atoms with Gasteiger partial charge in [-0.25, -0.2) is 0 Å². The van der Waals surface area contributed by atoms with Crippen LogP contribution in [-0.4, -0.2) is 50.4 Å². The maximum absolute atomic E-state index is 11.8. The van der Waals surface area contributed by atoms with E-state index >= 15 is 0 Å². The van der Waals surface area contributed by atoms with Crippen LogP contribution in [0.15, 0.2) is 18.2 Å². The van der Waals surface area contributed by atoms with E-state index in [-0.39, 0.29) is 18.4 Å². The van der Waals surface area contributed by atoms with Crippen LogP contribution < -0.4 is 10.6 Å². The number of carbonyl (C=O) groups excluding carboxylic acids is 2. The molecule has 0 heterocycles. The Balaban J connectivity index is 2.32. The molecule has 2 amide bonds. The molecule has 7 heteroatoms. The summed E-state index contributed by atoms with van der Waals surface area (Å²) in [5.41, 5.74) is 0.366. The molecular formula is C14H19Cl2N3O2. The average Bonchev–Trinajstić information content (AvgIpc) is 2.43. The van der Waals surface area contributed by atoms with Gasteiger partial charge in [-0.3, -0.25) is 9.59 Å². The second-order valence-corrected chi connectivity index (χ2v) is 5.63. The van der Waals surface area contributed by atoms with Crippen molar-refractivity contribution in [1.82, 2.24) is 15.5 Å². The molecule has 0 aliphatic heterocycles. The Kier molecular flexibility index (Phi) is 7.50. The molecular weight excluding hydrogens is 313 g/mol. The molecule has 0 aliphatic carbocycles. The van der Waals surface area contributed by atoms with Crippen molar-refractivity contribution < 1.29 is 9.59 Å². The highest BCUT2D eigenvalue weighted by molar-refractivity contribution is 6.42. The highest BCUT2D eigenvalue weighted by Gasteiger charge is 2.09. The van der Waals surface area contributed by atoms with Gasteiger partial charge in [0.2, 0.25) is 5.91 Å². The molecule has 0 bridgehead atoms. The minimum absolute atomic E-state index is 0.0684. The van der Waals surface area contributed by atoms with E-state index in [9.17, 15) is 9.59 Å². The Hall–Kier alpha value is -1.30. The standard InChI is InChI=1S/C14H19Cl2N3O2/c1-19(2)7-3-6-17-13(20)9-18-14(21)10-4-5-11(15)12(16)8-10/h4-5,8H,3,6-7,9H2,1-2H3,(H,17,20)(H,18,21). The first-order valence-electron chi connectivity index (χ1n) is 6.55. The Morgan fingerprint density at radius 3 is 2.48 bits per heavy atom. The summed E-state index contributed by atoms with van der Waals surface area (Å²) in [6.45, 7) is 1.41. The van der Waals surface area contributed by atoms with E-state index in [2.05, 4.69) is 10.6 Å². The van der Waals surface area contributed by atoms with Gasteiger partial charge >= 0.3 is 0 Å². The third-order valence-corrected chi connectivity index (χ3v) is 3.43. The lowest BCUT2D eigenvalue weighted by atomic mass is 10.2. The van der Waals surface area contributed by atoms with Crippen LogP contribution >= 0.6 is 23.2 Å². The molecule has 1 rings (SSSR count). The van der Waals surface area contributed by atoms with E-state index in [1.165, 1.54) is 6.07 Å². The number of hydrogen-bond acceptors (Lipinski definition) is 3. The highest BCUT2D eigenvalue weighted by atomic mass is 35.5. The smallest absolute Gasteiger partial charge is 0.251 e. The zero-order chi connectivity index (χ0) is 15.8. The van der Waals surface area contributed by atoms with Gasteiger partial charge in [0, 0.05) is 12.1 Å². The summed E-state index contributed by atoms with van der Waals surface area (Å²) in [5.74, 6) is -0.584. The van der Waals surface area contributed by atoms with Gasteiger partial charge < -0.3 is 15.5 Å². The lowest BCUT2D eigenvalue weighted by Crippen LogP contribution is -2.37. The number of amides is 2. The van der Waals surface area contributed by atoms with Gasteiger partial charge in [-0.15, -0.1) is 0 Å². The number of benzene rings is 1. The van der Waals surface area contributed by atoms with Crippen LogP contribution in [0.5, 0.6) is 0 Å². The summed E-state index contributed by atoms with van der Waals surface area (Å²) in [6, 6.07) is 4.56. The molecule has 0 aliphatic rings. The molecule has 0 atom stereocenters. The molecule has 2 N–H and O–H groups in total. The van der Waals surface area contributed by atoms with Gasteiger partial charge in [-0.2, -0.15) is 0 Å². The van der Waals surface area contributed by atoms with Crippen LogP contribution in [0.25, 0.3) is 0 Å². The van der Waals surface area contributed by atoms with Crippen LogP contribution in [-0.2, 0) is 4.79 Å². The molecule has 1 aromatic rings. The number of rotatable bonds is 7. The van der Waals surface area contributed by atoms with Crippen LogP contribution in [0, 0.1) is 0 Å². The van der Waals surface area contributed by atoms with Crippen molar-refractivity contribution in [2.45, 2.75) is 6.42 Å². The van der Waals surface area contributed by atoms with Gasteiger partial charge in [-0.1, -0.05) is 23.2 Å². The predicted octanol–water partition coefficient (Wildman–Crippen LogP) is 1.79. The van der Waals surface area contributed by atoms with E-state index in [1.54, 1.807) is 12.1 Å². The number of hydrogen-bond donors (Lipinski definition) is 2. The molecule has 0 aromatic heterocycles. The molecule has 0 radical (unpaired) electrons. The quantitative estimate of drug-likeness (QED) is 0.749. The second kappa shape index (κ2) is 8.87. The summed E-state index contributed by atoms with van der Waals surface area (Å²) in [5, 5.41) is 5.95. The fraction of sp³-hybridized carbons (Fsp3) is 0.429. The fourth-order valence-corrected chi connectivity index (χ4v) is 1.88. The zero-order valence-electron chi connectivity index (χ0n) is 12.1. The SMILES string of the molecule is CN(C)CCCNC(=O)CNC(=O)c1ccc(Cl)c(Cl)c1.